The van der Waals surface area contributed by atoms with Crippen molar-refractivity contribution in [2.75, 3.05) is 6.61 Å². The summed E-state index contributed by atoms with van der Waals surface area (Å²) in [5.74, 6) is -4.64. The Labute approximate surface area is 79.0 Å². The number of ketones is 2. The molecule has 0 saturated heterocycles. The molecule has 0 amide bonds. The van der Waals surface area contributed by atoms with Crippen molar-refractivity contribution < 1.29 is 34.5 Å². The first-order chi connectivity index (χ1) is 6.32. The first kappa shape index (κ1) is 14.7. The molecule has 0 spiro atoms. The number of hydrogen-bond donors (Lipinski definition) is 3. The molecule has 0 unspecified atom stereocenters. The van der Waals surface area contributed by atoms with Crippen molar-refractivity contribution in [3.05, 3.63) is 0 Å². The van der Waals surface area contributed by atoms with Crippen LogP contribution in [-0.2, 0) is 19.2 Å². The molecule has 0 heterocycles. The first-order valence-corrected chi connectivity index (χ1v) is 3.43. The molecule has 80 valence electrons. The van der Waals surface area contributed by atoms with Gasteiger partial charge in [-0.05, 0) is 0 Å². The topological polar surface area (TPSA) is 129 Å². The minimum atomic E-state index is -1.49. The Hall–Kier alpha value is -1.76. The van der Waals surface area contributed by atoms with E-state index < -0.39 is 30.1 Å². The zero-order chi connectivity index (χ0) is 11.7. The molecule has 14 heavy (non-hydrogen) atoms. The van der Waals surface area contributed by atoms with Gasteiger partial charge in [-0.15, -0.1) is 0 Å². The van der Waals surface area contributed by atoms with Gasteiger partial charge >= 0.3 is 11.9 Å². The van der Waals surface area contributed by atoms with Crippen molar-refractivity contribution in [2.45, 2.75) is 13.3 Å². The molecule has 0 aliphatic heterocycles. The van der Waals surface area contributed by atoms with Crippen LogP contribution in [0.25, 0.3) is 0 Å². The maximum atomic E-state index is 9.98. The van der Waals surface area contributed by atoms with E-state index in [4.69, 9.17) is 15.3 Å². The molecule has 0 aromatic carbocycles. The summed E-state index contributed by atoms with van der Waals surface area (Å²) in [6, 6.07) is 0. The van der Waals surface area contributed by atoms with Gasteiger partial charge in [0.1, 0.15) is 0 Å². The summed E-state index contributed by atoms with van der Waals surface area (Å²) < 4.78 is 0. The number of carbonyl (C=O) groups excluding carboxylic acids is 2. The molecule has 0 rings (SSSR count). The number of carboxylic acids is 2. The van der Waals surface area contributed by atoms with Crippen molar-refractivity contribution in [3.8, 4) is 0 Å². The van der Waals surface area contributed by atoms with Crippen LogP contribution >= 0.6 is 0 Å². The molecule has 0 fully saturated rings. The van der Waals surface area contributed by atoms with Crippen LogP contribution < -0.4 is 0 Å². The van der Waals surface area contributed by atoms with Gasteiger partial charge in [-0.25, -0.2) is 9.59 Å². The van der Waals surface area contributed by atoms with Crippen molar-refractivity contribution >= 4 is 23.5 Å². The number of Topliss-reactive ketones (excluding diaryl/α,β-unsaturated/α-hetero) is 2. The van der Waals surface area contributed by atoms with Crippen molar-refractivity contribution in [3.63, 3.8) is 0 Å². The van der Waals surface area contributed by atoms with Gasteiger partial charge < -0.3 is 15.3 Å². The van der Waals surface area contributed by atoms with Crippen LogP contribution in [0.4, 0.5) is 0 Å². The molecular weight excluding hydrogens is 196 g/mol. The minimum absolute atomic E-state index is 0.296. The highest BCUT2D eigenvalue weighted by Gasteiger charge is 2.08. The average Bonchev–Trinajstić information content (AvgIpc) is 2.05. The van der Waals surface area contributed by atoms with Crippen LogP contribution in [0.1, 0.15) is 13.3 Å². The van der Waals surface area contributed by atoms with E-state index >= 15 is 0 Å². The standard InChI is InChI=1S/C4H6O4.C3H4O3/c5-2-1-3(6)4(7)8;1-2(4)3(5)6/h5H,1-2H2,(H,7,8);1H3,(H,5,6). The molecule has 0 radical (unpaired) electrons. The lowest BCUT2D eigenvalue weighted by Crippen LogP contribution is -2.13. The monoisotopic (exact) mass is 206 g/mol. The lowest BCUT2D eigenvalue weighted by Gasteiger charge is -1.85. The quantitative estimate of drug-likeness (QED) is 0.486. The molecule has 0 aliphatic carbocycles. The van der Waals surface area contributed by atoms with E-state index in [9.17, 15) is 19.2 Å². The maximum Gasteiger partial charge on any atom is 0.372 e. The van der Waals surface area contributed by atoms with Gasteiger partial charge in [-0.1, -0.05) is 0 Å². The first-order valence-electron chi connectivity index (χ1n) is 3.43. The summed E-state index contributed by atoms with van der Waals surface area (Å²) in [5.41, 5.74) is 0. The van der Waals surface area contributed by atoms with Crippen LogP contribution in [0, 0.1) is 0 Å². The summed E-state index contributed by atoms with van der Waals surface area (Å²) >= 11 is 0. The summed E-state index contributed by atoms with van der Waals surface area (Å²) in [7, 11) is 0. The number of carboxylic acid groups (broad SMARTS) is 2. The second kappa shape index (κ2) is 7.87. The van der Waals surface area contributed by atoms with Crippen LogP contribution in [0.3, 0.4) is 0 Å². The smallest absolute Gasteiger partial charge is 0.372 e. The normalized spacial score (nSPS) is 8.14. The number of hydrogen-bond acceptors (Lipinski definition) is 5. The number of aliphatic hydroxyl groups is 1. The van der Waals surface area contributed by atoms with Crippen molar-refractivity contribution in [2.24, 2.45) is 0 Å². The predicted octanol–water partition coefficient (Wildman–Crippen LogP) is -1.32. The van der Waals surface area contributed by atoms with Crippen LogP contribution in [0.5, 0.6) is 0 Å². The van der Waals surface area contributed by atoms with E-state index in [1.54, 1.807) is 0 Å². The summed E-state index contributed by atoms with van der Waals surface area (Å²) in [6.45, 7) is 0.605. The third-order valence-electron chi connectivity index (χ3n) is 0.879. The maximum absolute atomic E-state index is 9.98. The van der Waals surface area contributed by atoms with Gasteiger partial charge in [-0.3, -0.25) is 9.59 Å². The summed E-state index contributed by atoms with van der Waals surface area (Å²) in [5, 5.41) is 23.5. The van der Waals surface area contributed by atoms with Gasteiger partial charge in [0.05, 0.1) is 6.61 Å². The molecule has 0 saturated carbocycles. The number of carbonyl (C=O) groups is 4. The lowest BCUT2D eigenvalue weighted by molar-refractivity contribution is -0.149. The molecule has 0 atom stereocenters. The largest absolute Gasteiger partial charge is 0.476 e. The Morgan fingerprint density at radius 1 is 1.00 bits per heavy atom. The Kier molecular flexibility index (Phi) is 8.29. The molecule has 0 aromatic heterocycles. The van der Waals surface area contributed by atoms with E-state index in [1.165, 1.54) is 0 Å². The fraction of sp³-hybridized carbons (Fsp3) is 0.429. The zero-order valence-electron chi connectivity index (χ0n) is 7.39. The third kappa shape index (κ3) is 10.2. The highest BCUT2D eigenvalue weighted by molar-refractivity contribution is 6.32. The Morgan fingerprint density at radius 3 is 1.43 bits per heavy atom. The molecular formula is C7H10O7. The van der Waals surface area contributed by atoms with Gasteiger partial charge in [0.25, 0.3) is 0 Å². The van der Waals surface area contributed by atoms with E-state index in [0.717, 1.165) is 6.92 Å². The van der Waals surface area contributed by atoms with E-state index in [2.05, 4.69) is 0 Å². The molecule has 7 heteroatoms. The van der Waals surface area contributed by atoms with Gasteiger partial charge in [0.15, 0.2) is 0 Å². The van der Waals surface area contributed by atoms with E-state index in [0.29, 0.717) is 0 Å². The van der Waals surface area contributed by atoms with E-state index in [1.807, 2.05) is 0 Å². The number of rotatable bonds is 4. The van der Waals surface area contributed by atoms with Crippen LogP contribution in [-0.4, -0.2) is 45.4 Å². The second-order valence-corrected chi connectivity index (χ2v) is 2.06. The summed E-state index contributed by atoms with van der Waals surface area (Å²) in [6.07, 6.45) is -0.296. The fourth-order valence-electron chi connectivity index (χ4n) is 0.208. The zero-order valence-corrected chi connectivity index (χ0v) is 7.39. The van der Waals surface area contributed by atoms with E-state index in [-0.39, 0.29) is 6.42 Å². The minimum Gasteiger partial charge on any atom is -0.476 e. The number of aliphatic carboxylic acids is 2. The SMILES string of the molecule is CC(=O)C(=O)O.O=C(O)C(=O)CCO. The summed E-state index contributed by atoms with van der Waals surface area (Å²) in [4.78, 5) is 38.5. The lowest BCUT2D eigenvalue weighted by atomic mass is 10.3. The Balaban J connectivity index is 0. The van der Waals surface area contributed by atoms with Crippen LogP contribution in [0.15, 0.2) is 0 Å². The Morgan fingerprint density at radius 2 is 1.36 bits per heavy atom. The Bertz CT molecular complexity index is 230. The van der Waals surface area contributed by atoms with Crippen LogP contribution in [0.2, 0.25) is 0 Å². The molecule has 3 N–H and O–H groups in total. The molecule has 7 nitrogen and oxygen atoms in total. The average molecular weight is 206 g/mol. The molecule has 0 aliphatic rings. The second-order valence-electron chi connectivity index (χ2n) is 2.06. The van der Waals surface area contributed by atoms with Gasteiger partial charge in [0, 0.05) is 13.3 Å². The molecule has 0 bridgehead atoms. The highest BCUT2D eigenvalue weighted by Crippen LogP contribution is 1.78. The van der Waals surface area contributed by atoms with Gasteiger partial charge in [0.2, 0.25) is 11.6 Å². The predicted molar refractivity (Wildman–Crippen MR) is 42.7 cm³/mol. The fourth-order valence-corrected chi connectivity index (χ4v) is 0.208. The van der Waals surface area contributed by atoms with Gasteiger partial charge in [-0.2, -0.15) is 0 Å². The van der Waals surface area contributed by atoms with Crippen molar-refractivity contribution in [1.82, 2.24) is 0 Å². The molecule has 0 aromatic rings. The number of aliphatic hydroxyl groups excluding tert-OH is 1. The highest BCUT2D eigenvalue weighted by atomic mass is 16.4. The van der Waals surface area contributed by atoms with Crippen molar-refractivity contribution in [1.29, 1.82) is 0 Å². The third-order valence-corrected chi connectivity index (χ3v) is 0.879.